The van der Waals surface area contributed by atoms with Crippen LogP contribution in [0.3, 0.4) is 0 Å². The van der Waals surface area contributed by atoms with Crippen molar-refractivity contribution in [2.24, 2.45) is 5.92 Å². The van der Waals surface area contributed by atoms with Crippen molar-refractivity contribution in [1.82, 2.24) is 0 Å². The van der Waals surface area contributed by atoms with Crippen molar-refractivity contribution in [3.63, 3.8) is 0 Å². The molecule has 0 aliphatic heterocycles. The third-order valence-corrected chi connectivity index (χ3v) is 3.78. The smallest absolute Gasteiger partial charge is 0.175 e. The molecule has 0 unspecified atom stereocenters. The number of carbonyl (C=O) groups excluding carboxylic acids is 1. The number of hydrogen-bond donors (Lipinski definition) is 0. The Morgan fingerprint density at radius 1 is 1.58 bits per heavy atom. The number of Topliss-reactive ketones (excluding diaryl/α,β-unsaturated/α-hetero) is 1. The first-order chi connectivity index (χ1) is 5.52. The molecule has 1 nitrogen and oxygen atoms in total. The number of ketones is 1. The molecule has 0 saturated carbocycles. The highest BCUT2D eigenvalue weighted by atomic mass is 79.9. The van der Waals surface area contributed by atoms with E-state index in [0.717, 1.165) is 14.2 Å². The van der Waals surface area contributed by atoms with Crippen LogP contribution in [0.25, 0.3) is 0 Å². The summed E-state index contributed by atoms with van der Waals surface area (Å²) in [6.45, 7) is 5.84. The van der Waals surface area contributed by atoms with E-state index in [1.807, 2.05) is 26.8 Å². The topological polar surface area (TPSA) is 17.1 Å². The first-order valence-electron chi connectivity index (χ1n) is 3.82. The number of halogens is 1. The average Bonchev–Trinajstić information content (AvgIpc) is 2.30. The van der Waals surface area contributed by atoms with Gasteiger partial charge in [-0.15, -0.1) is 11.3 Å². The maximum Gasteiger partial charge on any atom is 0.175 e. The molecule has 0 N–H and O–H groups in total. The molecule has 0 saturated heterocycles. The van der Waals surface area contributed by atoms with Crippen LogP contribution < -0.4 is 0 Å². The lowest BCUT2D eigenvalue weighted by Crippen LogP contribution is -2.04. The lowest BCUT2D eigenvalue weighted by molar-refractivity contribution is 0.0943. The molecular weight excluding hydrogens is 236 g/mol. The average molecular weight is 247 g/mol. The molecule has 0 bridgehead atoms. The molecule has 1 aromatic heterocycles. The van der Waals surface area contributed by atoms with Gasteiger partial charge in [0.2, 0.25) is 0 Å². The highest BCUT2D eigenvalue weighted by molar-refractivity contribution is 9.11. The van der Waals surface area contributed by atoms with Crippen LogP contribution in [0.15, 0.2) is 9.85 Å². The zero-order chi connectivity index (χ0) is 9.30. The highest BCUT2D eigenvalue weighted by Crippen LogP contribution is 2.28. The van der Waals surface area contributed by atoms with Gasteiger partial charge in [0.1, 0.15) is 0 Å². The van der Waals surface area contributed by atoms with Crippen LogP contribution in [-0.4, -0.2) is 5.78 Å². The van der Waals surface area contributed by atoms with Crippen molar-refractivity contribution in [3.05, 3.63) is 20.3 Å². The molecule has 0 atom stereocenters. The molecule has 1 aromatic rings. The molecule has 0 amide bonds. The Hall–Kier alpha value is -0.150. The van der Waals surface area contributed by atoms with Crippen LogP contribution in [0, 0.1) is 12.8 Å². The SMILES string of the molecule is Cc1cc(C(=O)C(C)C)sc1Br. The second-order valence-corrected chi connectivity index (χ2v) is 5.46. The number of thiophene rings is 1. The first-order valence-corrected chi connectivity index (χ1v) is 5.43. The summed E-state index contributed by atoms with van der Waals surface area (Å²) < 4.78 is 1.06. The third kappa shape index (κ3) is 1.96. The molecular formula is C9H11BrOS. The molecule has 0 spiro atoms. The zero-order valence-electron chi connectivity index (χ0n) is 7.35. The van der Waals surface area contributed by atoms with Gasteiger partial charge < -0.3 is 0 Å². The number of aryl methyl sites for hydroxylation is 1. The molecule has 0 aliphatic rings. The monoisotopic (exact) mass is 246 g/mol. The summed E-state index contributed by atoms with van der Waals surface area (Å²) in [4.78, 5) is 12.4. The quantitative estimate of drug-likeness (QED) is 0.729. The lowest BCUT2D eigenvalue weighted by atomic mass is 10.1. The van der Waals surface area contributed by atoms with Crippen molar-refractivity contribution in [2.75, 3.05) is 0 Å². The second-order valence-electron chi connectivity index (χ2n) is 3.09. The molecule has 0 fully saturated rings. The summed E-state index contributed by atoms with van der Waals surface area (Å²) in [5, 5.41) is 0. The van der Waals surface area contributed by atoms with Crippen LogP contribution in [0.2, 0.25) is 0 Å². The van der Waals surface area contributed by atoms with Gasteiger partial charge in [0.05, 0.1) is 8.66 Å². The summed E-state index contributed by atoms with van der Waals surface area (Å²) >= 11 is 4.92. The lowest BCUT2D eigenvalue weighted by Gasteiger charge is -1.98. The van der Waals surface area contributed by atoms with Gasteiger partial charge in [-0.3, -0.25) is 4.79 Å². The Morgan fingerprint density at radius 3 is 2.50 bits per heavy atom. The van der Waals surface area contributed by atoms with E-state index in [9.17, 15) is 4.79 Å². The molecule has 0 radical (unpaired) electrons. The first kappa shape index (κ1) is 9.93. The minimum atomic E-state index is 0.0925. The van der Waals surface area contributed by atoms with Gasteiger partial charge in [0, 0.05) is 5.92 Å². The van der Waals surface area contributed by atoms with Crippen molar-refractivity contribution in [2.45, 2.75) is 20.8 Å². The van der Waals surface area contributed by atoms with Crippen molar-refractivity contribution < 1.29 is 4.79 Å². The molecule has 3 heteroatoms. The van der Waals surface area contributed by atoms with E-state index in [1.54, 1.807) is 0 Å². The van der Waals surface area contributed by atoms with Crippen LogP contribution in [-0.2, 0) is 0 Å². The molecule has 12 heavy (non-hydrogen) atoms. The normalized spacial score (nSPS) is 10.8. The fourth-order valence-electron chi connectivity index (χ4n) is 0.866. The van der Waals surface area contributed by atoms with E-state index in [2.05, 4.69) is 15.9 Å². The maximum atomic E-state index is 11.5. The van der Waals surface area contributed by atoms with Gasteiger partial charge in [-0.25, -0.2) is 0 Å². The summed E-state index contributed by atoms with van der Waals surface area (Å²) in [6, 6.07) is 1.94. The standard InChI is InChI=1S/C9H11BrOS/c1-5(2)8(11)7-4-6(3)9(10)12-7/h4-5H,1-3H3. The molecule has 0 aromatic carbocycles. The number of hydrogen-bond acceptors (Lipinski definition) is 2. The minimum absolute atomic E-state index is 0.0925. The summed E-state index contributed by atoms with van der Waals surface area (Å²) in [6.07, 6.45) is 0. The molecule has 1 heterocycles. The predicted molar refractivity (Wildman–Crippen MR) is 55.9 cm³/mol. The van der Waals surface area contributed by atoms with Gasteiger partial charge in [-0.05, 0) is 34.5 Å². The fraction of sp³-hybridized carbons (Fsp3) is 0.444. The van der Waals surface area contributed by atoms with E-state index in [0.29, 0.717) is 0 Å². The van der Waals surface area contributed by atoms with Gasteiger partial charge in [0.25, 0.3) is 0 Å². The number of rotatable bonds is 2. The fourth-order valence-corrected chi connectivity index (χ4v) is 2.49. The van der Waals surface area contributed by atoms with E-state index in [1.165, 1.54) is 11.3 Å². The minimum Gasteiger partial charge on any atom is -0.293 e. The summed E-state index contributed by atoms with van der Waals surface area (Å²) in [5.41, 5.74) is 1.14. The predicted octanol–water partition coefficient (Wildman–Crippen LogP) is 3.66. The second kappa shape index (κ2) is 3.71. The van der Waals surface area contributed by atoms with Crippen molar-refractivity contribution in [3.8, 4) is 0 Å². The van der Waals surface area contributed by atoms with Gasteiger partial charge in [-0.1, -0.05) is 13.8 Å². The number of carbonyl (C=O) groups is 1. The van der Waals surface area contributed by atoms with Crippen LogP contribution >= 0.6 is 27.3 Å². The van der Waals surface area contributed by atoms with Crippen LogP contribution in [0.4, 0.5) is 0 Å². The van der Waals surface area contributed by atoms with Crippen molar-refractivity contribution in [1.29, 1.82) is 0 Å². The van der Waals surface area contributed by atoms with Gasteiger partial charge in [0.15, 0.2) is 5.78 Å². The van der Waals surface area contributed by atoms with E-state index >= 15 is 0 Å². The molecule has 0 aliphatic carbocycles. The van der Waals surface area contributed by atoms with Crippen LogP contribution in [0.5, 0.6) is 0 Å². The Kier molecular flexibility index (Phi) is 3.07. The van der Waals surface area contributed by atoms with Gasteiger partial charge in [-0.2, -0.15) is 0 Å². The molecule has 66 valence electrons. The van der Waals surface area contributed by atoms with Crippen molar-refractivity contribution >= 4 is 33.0 Å². The summed E-state index contributed by atoms with van der Waals surface area (Å²) in [5.74, 6) is 0.323. The third-order valence-electron chi connectivity index (χ3n) is 1.62. The maximum absolute atomic E-state index is 11.5. The van der Waals surface area contributed by atoms with E-state index in [-0.39, 0.29) is 11.7 Å². The zero-order valence-corrected chi connectivity index (χ0v) is 9.75. The Morgan fingerprint density at radius 2 is 2.17 bits per heavy atom. The van der Waals surface area contributed by atoms with E-state index < -0.39 is 0 Å². The highest BCUT2D eigenvalue weighted by Gasteiger charge is 2.13. The Balaban J connectivity index is 2.97. The Bertz CT molecular complexity index is 282. The largest absolute Gasteiger partial charge is 0.293 e. The Labute approximate surface area is 84.9 Å². The summed E-state index contributed by atoms with van der Waals surface area (Å²) in [7, 11) is 0. The van der Waals surface area contributed by atoms with E-state index in [4.69, 9.17) is 0 Å². The molecule has 1 rings (SSSR count). The van der Waals surface area contributed by atoms with Gasteiger partial charge >= 0.3 is 0 Å². The van der Waals surface area contributed by atoms with Crippen LogP contribution in [0.1, 0.15) is 29.1 Å².